The first-order valence-corrected chi connectivity index (χ1v) is 6.62. The fourth-order valence-corrected chi connectivity index (χ4v) is 3.07. The van der Waals surface area contributed by atoms with Crippen LogP contribution in [0.4, 0.5) is 0 Å². The van der Waals surface area contributed by atoms with E-state index in [0.717, 1.165) is 37.5 Å². The Kier molecular flexibility index (Phi) is 2.92. The monoisotopic (exact) mass is 235 g/mol. The molecular weight excluding hydrogens is 214 g/mol. The number of aliphatic hydroxyl groups is 1. The molecule has 17 heavy (non-hydrogen) atoms. The van der Waals surface area contributed by atoms with Gasteiger partial charge in [0, 0.05) is 25.7 Å². The molecule has 1 N–H and O–H groups in total. The smallest absolute Gasteiger partial charge is 0.109 e. The maximum absolute atomic E-state index is 9.63. The molecule has 0 amide bonds. The minimum absolute atomic E-state index is 0.179. The van der Waals surface area contributed by atoms with E-state index in [4.69, 9.17) is 4.98 Å². The van der Waals surface area contributed by atoms with Crippen LogP contribution in [0.5, 0.6) is 0 Å². The van der Waals surface area contributed by atoms with Crippen LogP contribution < -0.4 is 0 Å². The molecule has 1 fully saturated rings. The van der Waals surface area contributed by atoms with Crippen LogP contribution in [0.3, 0.4) is 0 Å². The summed E-state index contributed by atoms with van der Waals surface area (Å²) in [4.78, 5) is 7.10. The van der Waals surface area contributed by atoms with E-state index in [9.17, 15) is 5.11 Å². The van der Waals surface area contributed by atoms with Crippen molar-refractivity contribution in [3.05, 3.63) is 17.7 Å². The molecular formula is C13H21N3O. The van der Waals surface area contributed by atoms with E-state index in [2.05, 4.69) is 22.7 Å². The standard InChI is InChI=1S/C13H21N3O/c1-15-5-4-10(7-15)6-11-8-16-9-12(17)2-3-13(16)14-11/h8,10,12,17H,2-7,9H2,1H3. The van der Waals surface area contributed by atoms with E-state index in [1.165, 1.54) is 25.2 Å². The molecule has 0 aromatic carbocycles. The van der Waals surface area contributed by atoms with Crippen molar-refractivity contribution in [2.24, 2.45) is 5.92 Å². The molecule has 3 rings (SSSR count). The van der Waals surface area contributed by atoms with E-state index >= 15 is 0 Å². The maximum Gasteiger partial charge on any atom is 0.109 e. The van der Waals surface area contributed by atoms with Gasteiger partial charge in [0.2, 0.25) is 0 Å². The molecule has 2 aliphatic rings. The summed E-state index contributed by atoms with van der Waals surface area (Å²) in [6, 6.07) is 0. The molecule has 4 nitrogen and oxygen atoms in total. The number of rotatable bonds is 2. The lowest BCUT2D eigenvalue weighted by atomic mass is 10.0. The molecule has 2 aliphatic heterocycles. The SMILES string of the molecule is CN1CCC(Cc2cn3c(n2)CCC(O)C3)C1. The zero-order chi connectivity index (χ0) is 11.8. The zero-order valence-corrected chi connectivity index (χ0v) is 10.5. The molecule has 1 aromatic heterocycles. The van der Waals surface area contributed by atoms with E-state index in [0.29, 0.717) is 0 Å². The third-order valence-corrected chi connectivity index (χ3v) is 4.00. The van der Waals surface area contributed by atoms with Gasteiger partial charge < -0.3 is 14.6 Å². The molecule has 0 radical (unpaired) electrons. The molecule has 1 saturated heterocycles. The molecule has 94 valence electrons. The predicted octanol–water partition coefficient (Wildman–Crippen LogP) is 0.684. The van der Waals surface area contributed by atoms with Gasteiger partial charge in [-0.25, -0.2) is 4.98 Å². The lowest BCUT2D eigenvalue weighted by Crippen LogP contribution is -2.23. The number of hydrogen-bond acceptors (Lipinski definition) is 3. The Labute approximate surface area is 102 Å². The van der Waals surface area contributed by atoms with Crippen LogP contribution in [0.1, 0.15) is 24.4 Å². The highest BCUT2D eigenvalue weighted by Gasteiger charge is 2.23. The van der Waals surface area contributed by atoms with E-state index in [1.54, 1.807) is 0 Å². The highest BCUT2D eigenvalue weighted by Crippen LogP contribution is 2.21. The predicted molar refractivity (Wildman–Crippen MR) is 65.9 cm³/mol. The topological polar surface area (TPSA) is 41.3 Å². The van der Waals surface area contributed by atoms with Crippen LogP contribution in [0.15, 0.2) is 6.20 Å². The minimum Gasteiger partial charge on any atom is -0.391 e. The van der Waals surface area contributed by atoms with Crippen LogP contribution in [-0.2, 0) is 19.4 Å². The van der Waals surface area contributed by atoms with Crippen molar-refractivity contribution in [1.82, 2.24) is 14.5 Å². The molecule has 2 atom stereocenters. The third-order valence-electron chi connectivity index (χ3n) is 4.00. The van der Waals surface area contributed by atoms with Gasteiger partial charge >= 0.3 is 0 Å². The average Bonchev–Trinajstić information content (AvgIpc) is 2.84. The summed E-state index contributed by atoms with van der Waals surface area (Å²) >= 11 is 0. The number of imidazole rings is 1. The van der Waals surface area contributed by atoms with Crippen molar-refractivity contribution in [2.75, 3.05) is 20.1 Å². The Morgan fingerprint density at radius 3 is 3.06 bits per heavy atom. The highest BCUT2D eigenvalue weighted by atomic mass is 16.3. The van der Waals surface area contributed by atoms with Crippen molar-refractivity contribution < 1.29 is 5.11 Å². The summed E-state index contributed by atoms with van der Waals surface area (Å²) in [6.45, 7) is 3.15. The van der Waals surface area contributed by atoms with Crippen LogP contribution in [0.2, 0.25) is 0 Å². The molecule has 0 saturated carbocycles. The number of aliphatic hydroxyl groups excluding tert-OH is 1. The van der Waals surface area contributed by atoms with Gasteiger partial charge in [-0.05, 0) is 38.8 Å². The van der Waals surface area contributed by atoms with Crippen molar-refractivity contribution in [1.29, 1.82) is 0 Å². The van der Waals surface area contributed by atoms with Gasteiger partial charge in [0.1, 0.15) is 5.82 Å². The van der Waals surface area contributed by atoms with Gasteiger partial charge in [-0.2, -0.15) is 0 Å². The normalized spacial score (nSPS) is 29.5. The molecule has 0 bridgehead atoms. The van der Waals surface area contributed by atoms with Gasteiger partial charge in [0.15, 0.2) is 0 Å². The first-order chi connectivity index (χ1) is 8.20. The molecule has 4 heteroatoms. The fraction of sp³-hybridized carbons (Fsp3) is 0.769. The molecule has 3 heterocycles. The first-order valence-electron chi connectivity index (χ1n) is 6.62. The van der Waals surface area contributed by atoms with E-state index in [-0.39, 0.29) is 6.10 Å². The van der Waals surface area contributed by atoms with Gasteiger partial charge in [-0.1, -0.05) is 0 Å². The minimum atomic E-state index is -0.179. The van der Waals surface area contributed by atoms with Gasteiger partial charge in [-0.15, -0.1) is 0 Å². The molecule has 1 aromatic rings. The number of aryl methyl sites for hydroxylation is 1. The van der Waals surface area contributed by atoms with Crippen LogP contribution in [-0.4, -0.2) is 45.8 Å². The maximum atomic E-state index is 9.63. The summed E-state index contributed by atoms with van der Waals surface area (Å²) in [7, 11) is 2.19. The van der Waals surface area contributed by atoms with Gasteiger partial charge in [-0.3, -0.25) is 0 Å². The number of aromatic nitrogens is 2. The highest BCUT2D eigenvalue weighted by molar-refractivity contribution is 5.08. The summed E-state index contributed by atoms with van der Waals surface area (Å²) in [5, 5.41) is 9.63. The van der Waals surface area contributed by atoms with Gasteiger partial charge in [0.25, 0.3) is 0 Å². The Bertz CT molecular complexity index is 401. The lowest BCUT2D eigenvalue weighted by molar-refractivity contribution is 0.130. The van der Waals surface area contributed by atoms with Crippen LogP contribution in [0.25, 0.3) is 0 Å². The average molecular weight is 235 g/mol. The Balaban J connectivity index is 1.68. The van der Waals surface area contributed by atoms with Gasteiger partial charge in [0.05, 0.1) is 11.8 Å². The number of fused-ring (bicyclic) bond motifs is 1. The lowest BCUT2D eigenvalue weighted by Gasteiger charge is -2.18. The molecule has 0 aliphatic carbocycles. The number of likely N-dealkylation sites (tertiary alicyclic amines) is 1. The molecule has 2 unspecified atom stereocenters. The van der Waals surface area contributed by atoms with E-state index in [1.807, 2.05) is 0 Å². The summed E-state index contributed by atoms with van der Waals surface area (Å²) in [6.07, 6.45) is 6.15. The Morgan fingerprint density at radius 1 is 1.41 bits per heavy atom. The summed E-state index contributed by atoms with van der Waals surface area (Å²) in [5.74, 6) is 1.93. The van der Waals surface area contributed by atoms with Crippen molar-refractivity contribution in [3.8, 4) is 0 Å². The first kappa shape index (κ1) is 11.2. The van der Waals surface area contributed by atoms with Crippen LogP contribution in [0, 0.1) is 5.92 Å². The Morgan fingerprint density at radius 2 is 2.29 bits per heavy atom. The van der Waals surface area contributed by atoms with E-state index < -0.39 is 0 Å². The van der Waals surface area contributed by atoms with Crippen molar-refractivity contribution in [2.45, 2.75) is 38.3 Å². The second-order valence-electron chi connectivity index (χ2n) is 5.61. The van der Waals surface area contributed by atoms with Crippen LogP contribution >= 0.6 is 0 Å². The van der Waals surface area contributed by atoms with Crippen molar-refractivity contribution >= 4 is 0 Å². The largest absolute Gasteiger partial charge is 0.391 e. The Hall–Kier alpha value is -0.870. The third kappa shape index (κ3) is 2.38. The second kappa shape index (κ2) is 4.42. The zero-order valence-electron chi connectivity index (χ0n) is 10.5. The summed E-state index contributed by atoms with van der Waals surface area (Å²) in [5.41, 5.74) is 1.22. The quantitative estimate of drug-likeness (QED) is 0.820. The number of hydrogen-bond donors (Lipinski definition) is 1. The fourth-order valence-electron chi connectivity index (χ4n) is 3.07. The number of nitrogens with zero attached hydrogens (tertiary/aromatic N) is 3. The summed E-state index contributed by atoms with van der Waals surface area (Å²) < 4.78 is 2.14. The second-order valence-corrected chi connectivity index (χ2v) is 5.61. The molecule has 0 spiro atoms. The van der Waals surface area contributed by atoms with Crippen molar-refractivity contribution in [3.63, 3.8) is 0 Å².